The SMILES string of the molecule is CCCCCCCCCCCCN(CCCN)CCCN(CCCN)CCCN.CCCCCCCCCCCCNCCCNCCCN. The number of hydrogen-bond donors (Lipinski definition) is 6. The molecule has 0 fully saturated rings. The van der Waals surface area contributed by atoms with Crippen molar-refractivity contribution in [2.45, 2.75) is 181 Å². The van der Waals surface area contributed by atoms with Crippen molar-refractivity contribution in [1.29, 1.82) is 0 Å². The molecule has 0 aliphatic rings. The molecule has 0 unspecified atom stereocenters. The number of hydrogen-bond acceptors (Lipinski definition) is 8. The molecule has 8 heteroatoms. The van der Waals surface area contributed by atoms with Gasteiger partial charge in [-0.05, 0) is 143 Å². The summed E-state index contributed by atoms with van der Waals surface area (Å²) >= 11 is 0. The van der Waals surface area contributed by atoms with E-state index in [1.54, 1.807) is 0 Å². The lowest BCUT2D eigenvalue weighted by atomic mass is 10.1. The van der Waals surface area contributed by atoms with Crippen molar-refractivity contribution in [2.75, 3.05) is 91.6 Å². The summed E-state index contributed by atoms with van der Waals surface area (Å²) in [5.74, 6) is 0. The summed E-state index contributed by atoms with van der Waals surface area (Å²) in [5, 5.41) is 6.95. The van der Waals surface area contributed by atoms with Gasteiger partial charge in [-0.3, -0.25) is 0 Å². The zero-order chi connectivity index (χ0) is 36.9. The second-order valence-electron chi connectivity index (χ2n) is 14.8. The van der Waals surface area contributed by atoms with E-state index in [-0.39, 0.29) is 0 Å². The Morgan fingerprint density at radius 1 is 0.280 bits per heavy atom. The molecule has 0 bridgehead atoms. The summed E-state index contributed by atoms with van der Waals surface area (Å²) in [5.41, 5.74) is 22.6. The van der Waals surface area contributed by atoms with Gasteiger partial charge in [-0.15, -0.1) is 0 Å². The summed E-state index contributed by atoms with van der Waals surface area (Å²) in [4.78, 5) is 5.18. The van der Waals surface area contributed by atoms with Crippen LogP contribution in [0.15, 0.2) is 0 Å². The van der Waals surface area contributed by atoms with Gasteiger partial charge in [0.05, 0.1) is 0 Å². The van der Waals surface area contributed by atoms with Crippen LogP contribution >= 0.6 is 0 Å². The van der Waals surface area contributed by atoms with Crippen LogP contribution < -0.4 is 33.6 Å². The smallest absolute Gasteiger partial charge is 0.000653 e. The maximum atomic E-state index is 5.76. The van der Waals surface area contributed by atoms with Gasteiger partial charge in [0.25, 0.3) is 0 Å². The number of nitrogens with zero attached hydrogens (tertiary/aromatic N) is 2. The fraction of sp³-hybridized carbons (Fsp3) is 1.00. The maximum Gasteiger partial charge on any atom is -0.000653 e. The molecule has 0 heterocycles. The summed E-state index contributed by atoms with van der Waals surface area (Å²) in [6, 6.07) is 0. The van der Waals surface area contributed by atoms with Crippen molar-refractivity contribution < 1.29 is 0 Å². The van der Waals surface area contributed by atoms with Crippen LogP contribution in [0.5, 0.6) is 0 Å². The van der Waals surface area contributed by atoms with E-state index in [0.717, 1.165) is 97.7 Å². The molecule has 10 N–H and O–H groups in total. The van der Waals surface area contributed by atoms with Crippen molar-refractivity contribution in [2.24, 2.45) is 22.9 Å². The number of unbranched alkanes of at least 4 members (excludes halogenated alkanes) is 18. The van der Waals surface area contributed by atoms with E-state index < -0.39 is 0 Å². The first-order valence-corrected chi connectivity index (χ1v) is 22.4. The molecule has 0 rings (SSSR count). The number of nitrogens with two attached hydrogens (primary N) is 4. The maximum absolute atomic E-state index is 5.76. The molecule has 0 spiro atoms. The molecule has 50 heavy (non-hydrogen) atoms. The fourth-order valence-electron chi connectivity index (χ4n) is 6.51. The third-order valence-electron chi connectivity index (χ3n) is 9.78. The molecular weight excluding hydrogens is 617 g/mol. The normalized spacial score (nSPS) is 11.5. The highest BCUT2D eigenvalue weighted by atomic mass is 15.1. The zero-order valence-electron chi connectivity index (χ0n) is 34.5. The summed E-state index contributed by atoms with van der Waals surface area (Å²) in [6.07, 6.45) is 35.1. The second-order valence-corrected chi connectivity index (χ2v) is 14.8. The van der Waals surface area contributed by atoms with E-state index in [1.807, 2.05) is 0 Å². The quantitative estimate of drug-likeness (QED) is 0.0354. The molecule has 0 saturated heterocycles. The minimum absolute atomic E-state index is 0.778. The molecule has 0 aliphatic carbocycles. The van der Waals surface area contributed by atoms with Crippen molar-refractivity contribution in [3.05, 3.63) is 0 Å². The Bertz CT molecular complexity index is 542. The van der Waals surface area contributed by atoms with E-state index in [9.17, 15) is 0 Å². The lowest BCUT2D eigenvalue weighted by Crippen LogP contribution is -2.34. The summed E-state index contributed by atoms with van der Waals surface area (Å²) in [6.45, 7) is 19.2. The van der Waals surface area contributed by atoms with Gasteiger partial charge in [-0.25, -0.2) is 0 Å². The van der Waals surface area contributed by atoms with Crippen LogP contribution in [-0.4, -0.2) is 101 Å². The molecule has 0 aromatic rings. The highest BCUT2D eigenvalue weighted by Gasteiger charge is 2.08. The lowest BCUT2D eigenvalue weighted by Gasteiger charge is -2.26. The molecule has 0 atom stereocenters. The minimum Gasteiger partial charge on any atom is -0.330 e. The van der Waals surface area contributed by atoms with Crippen LogP contribution in [0.3, 0.4) is 0 Å². The fourth-order valence-corrected chi connectivity index (χ4v) is 6.51. The molecule has 304 valence electrons. The Hall–Kier alpha value is -0.320. The summed E-state index contributed by atoms with van der Waals surface area (Å²) < 4.78 is 0. The topological polar surface area (TPSA) is 135 Å². The van der Waals surface area contributed by atoms with Crippen LogP contribution in [-0.2, 0) is 0 Å². The Morgan fingerprint density at radius 2 is 0.560 bits per heavy atom. The molecule has 0 radical (unpaired) electrons. The molecule has 0 aromatic heterocycles. The van der Waals surface area contributed by atoms with Crippen molar-refractivity contribution >= 4 is 0 Å². The highest BCUT2D eigenvalue weighted by molar-refractivity contribution is 4.64. The number of nitrogens with one attached hydrogen (secondary N) is 2. The van der Waals surface area contributed by atoms with Crippen LogP contribution in [0.1, 0.15) is 181 Å². The molecule has 0 amide bonds. The van der Waals surface area contributed by atoms with Crippen LogP contribution in [0.2, 0.25) is 0 Å². The lowest BCUT2D eigenvalue weighted by molar-refractivity contribution is 0.220. The zero-order valence-corrected chi connectivity index (χ0v) is 34.5. The van der Waals surface area contributed by atoms with Gasteiger partial charge in [0.2, 0.25) is 0 Å². The van der Waals surface area contributed by atoms with E-state index in [4.69, 9.17) is 22.9 Å². The standard InChI is InChI=1S/C24H55N5.C18H41N3/c1-2-3-4-5-6-7-8-9-10-11-19-28(20-12-16-25)23-15-24-29(21-13-17-26)22-14-18-27;1-2-3-4-5-6-7-8-9-10-11-15-20-17-13-18-21-16-12-14-19/h2-27H2,1H3;20-21H,2-19H2,1H3. The average Bonchev–Trinajstić information content (AvgIpc) is 3.13. The predicted octanol–water partition coefficient (Wildman–Crippen LogP) is 7.77. The average molecular weight is 713 g/mol. The van der Waals surface area contributed by atoms with Crippen LogP contribution in [0, 0.1) is 0 Å². The monoisotopic (exact) mass is 713 g/mol. The highest BCUT2D eigenvalue weighted by Crippen LogP contribution is 2.12. The van der Waals surface area contributed by atoms with Gasteiger partial charge in [0, 0.05) is 0 Å². The van der Waals surface area contributed by atoms with Gasteiger partial charge < -0.3 is 43.4 Å². The Kier molecular flexibility index (Phi) is 50.4. The van der Waals surface area contributed by atoms with Gasteiger partial charge in [-0.1, -0.05) is 129 Å². The van der Waals surface area contributed by atoms with Crippen molar-refractivity contribution in [1.82, 2.24) is 20.4 Å². The van der Waals surface area contributed by atoms with Crippen LogP contribution in [0.4, 0.5) is 0 Å². The third kappa shape index (κ3) is 45.7. The van der Waals surface area contributed by atoms with E-state index in [2.05, 4.69) is 34.3 Å². The van der Waals surface area contributed by atoms with Gasteiger partial charge in [0.15, 0.2) is 0 Å². The van der Waals surface area contributed by atoms with Crippen LogP contribution in [0.25, 0.3) is 0 Å². The molecule has 8 nitrogen and oxygen atoms in total. The van der Waals surface area contributed by atoms with Gasteiger partial charge in [-0.2, -0.15) is 0 Å². The Labute approximate surface area is 315 Å². The van der Waals surface area contributed by atoms with E-state index in [0.29, 0.717) is 0 Å². The Morgan fingerprint density at radius 3 is 0.940 bits per heavy atom. The molecule has 0 aliphatic heterocycles. The second kappa shape index (κ2) is 48.7. The van der Waals surface area contributed by atoms with E-state index in [1.165, 1.54) is 161 Å². The van der Waals surface area contributed by atoms with E-state index >= 15 is 0 Å². The molecule has 0 saturated carbocycles. The Balaban J connectivity index is 0. The minimum atomic E-state index is 0.778. The van der Waals surface area contributed by atoms with Crippen molar-refractivity contribution in [3.63, 3.8) is 0 Å². The first-order chi connectivity index (χ1) is 24.7. The largest absolute Gasteiger partial charge is 0.330 e. The molecule has 0 aromatic carbocycles. The van der Waals surface area contributed by atoms with Gasteiger partial charge >= 0.3 is 0 Å². The first kappa shape index (κ1) is 51.8. The van der Waals surface area contributed by atoms with Crippen molar-refractivity contribution in [3.8, 4) is 0 Å². The molecular formula is C42H96N8. The summed E-state index contributed by atoms with van der Waals surface area (Å²) in [7, 11) is 0. The third-order valence-corrected chi connectivity index (χ3v) is 9.78. The number of rotatable bonds is 42. The van der Waals surface area contributed by atoms with Gasteiger partial charge in [0.1, 0.15) is 0 Å². The first-order valence-electron chi connectivity index (χ1n) is 22.4. The predicted molar refractivity (Wildman–Crippen MR) is 226 cm³/mol.